The molecule has 3 aromatic rings. The second kappa shape index (κ2) is 7.30. The number of nitrogens with zero attached hydrogens (tertiary/aromatic N) is 4. The number of piperidine rings is 1. The number of likely N-dealkylation sites (tertiary alicyclic amines) is 1. The number of carbonyl (C=O) groups excluding carboxylic acids is 1. The van der Waals surface area contributed by atoms with E-state index in [-0.39, 0.29) is 17.5 Å². The van der Waals surface area contributed by atoms with Crippen molar-refractivity contribution in [2.45, 2.75) is 25.8 Å². The fraction of sp³-hybridized carbons (Fsp3) is 0.300. The number of hydrogen-bond donors (Lipinski definition) is 1. The lowest BCUT2D eigenvalue weighted by Gasteiger charge is -2.31. The van der Waals surface area contributed by atoms with Gasteiger partial charge in [0.25, 0.3) is 5.91 Å². The zero-order valence-electron chi connectivity index (χ0n) is 15.4. The highest BCUT2D eigenvalue weighted by molar-refractivity contribution is 5.97. The summed E-state index contributed by atoms with van der Waals surface area (Å²) in [5, 5.41) is 13.2. The second-order valence-corrected chi connectivity index (χ2v) is 6.81. The van der Waals surface area contributed by atoms with Gasteiger partial charge in [-0.1, -0.05) is 30.3 Å². The number of carboxylic acids is 1. The van der Waals surface area contributed by atoms with E-state index in [9.17, 15) is 9.59 Å². The highest BCUT2D eigenvalue weighted by Gasteiger charge is 2.29. The first-order valence-corrected chi connectivity index (χ1v) is 9.12. The monoisotopic (exact) mass is 380 g/mol. The number of amides is 1. The fourth-order valence-corrected chi connectivity index (χ4v) is 3.49. The number of oxazole rings is 1. The lowest BCUT2D eigenvalue weighted by Crippen LogP contribution is -2.39. The van der Waals surface area contributed by atoms with Gasteiger partial charge in [0.2, 0.25) is 0 Å². The number of aromatic carboxylic acids is 1. The molecule has 1 fully saturated rings. The Morgan fingerprint density at radius 3 is 2.54 bits per heavy atom. The maximum Gasteiger partial charge on any atom is 0.338 e. The van der Waals surface area contributed by atoms with Crippen molar-refractivity contribution in [1.82, 2.24) is 19.7 Å². The Balaban J connectivity index is 1.48. The number of benzene rings is 1. The molecule has 0 radical (unpaired) electrons. The van der Waals surface area contributed by atoms with Gasteiger partial charge in [0.15, 0.2) is 17.3 Å². The normalized spacial score (nSPS) is 15.0. The minimum atomic E-state index is -0.992. The van der Waals surface area contributed by atoms with Gasteiger partial charge in [-0.05, 0) is 12.8 Å². The Hall–Kier alpha value is -3.42. The average Bonchev–Trinajstić information content (AvgIpc) is 3.35. The molecule has 3 heterocycles. The summed E-state index contributed by atoms with van der Waals surface area (Å²) in [4.78, 5) is 30.2. The van der Waals surface area contributed by atoms with Gasteiger partial charge in [-0.15, -0.1) is 0 Å². The highest BCUT2D eigenvalue weighted by atomic mass is 16.4. The van der Waals surface area contributed by atoms with Crippen LogP contribution >= 0.6 is 0 Å². The topological polar surface area (TPSA) is 101 Å². The smallest absolute Gasteiger partial charge is 0.338 e. The van der Waals surface area contributed by atoms with Gasteiger partial charge in [-0.3, -0.25) is 9.48 Å². The molecule has 0 atom stereocenters. The molecule has 1 N–H and O–H groups in total. The average molecular weight is 380 g/mol. The van der Waals surface area contributed by atoms with Crippen LogP contribution in [0.1, 0.15) is 45.6 Å². The van der Waals surface area contributed by atoms with Crippen LogP contribution in [-0.4, -0.2) is 49.7 Å². The van der Waals surface area contributed by atoms with Crippen molar-refractivity contribution in [2.75, 3.05) is 13.1 Å². The molecule has 144 valence electrons. The molecular weight excluding hydrogens is 360 g/mol. The molecule has 0 aliphatic carbocycles. The minimum Gasteiger partial charge on any atom is -0.478 e. The summed E-state index contributed by atoms with van der Waals surface area (Å²) in [6.45, 7) is 2.82. The van der Waals surface area contributed by atoms with Crippen LogP contribution < -0.4 is 0 Å². The van der Waals surface area contributed by atoms with Crippen molar-refractivity contribution >= 4 is 11.9 Å². The Morgan fingerprint density at radius 2 is 1.89 bits per heavy atom. The van der Waals surface area contributed by atoms with Crippen molar-refractivity contribution in [2.24, 2.45) is 0 Å². The molecule has 0 bridgehead atoms. The van der Waals surface area contributed by atoms with Crippen LogP contribution in [0.2, 0.25) is 0 Å². The Kier molecular flexibility index (Phi) is 4.68. The summed E-state index contributed by atoms with van der Waals surface area (Å²) < 4.78 is 7.38. The quantitative estimate of drug-likeness (QED) is 0.746. The van der Waals surface area contributed by atoms with E-state index in [1.165, 1.54) is 6.20 Å². The largest absolute Gasteiger partial charge is 0.478 e. The van der Waals surface area contributed by atoms with E-state index < -0.39 is 5.97 Å². The molecule has 1 amide bonds. The summed E-state index contributed by atoms with van der Waals surface area (Å²) >= 11 is 0. The van der Waals surface area contributed by atoms with Crippen LogP contribution in [0.15, 0.2) is 47.1 Å². The summed E-state index contributed by atoms with van der Waals surface area (Å²) in [5.74, 6) is -0.201. The number of carboxylic acid groups (broad SMARTS) is 1. The summed E-state index contributed by atoms with van der Waals surface area (Å²) in [6.07, 6.45) is 4.29. The van der Waals surface area contributed by atoms with Crippen molar-refractivity contribution < 1.29 is 19.1 Å². The molecule has 1 aliphatic heterocycles. The van der Waals surface area contributed by atoms with E-state index in [0.717, 1.165) is 5.56 Å². The third-order valence-corrected chi connectivity index (χ3v) is 4.95. The van der Waals surface area contributed by atoms with Gasteiger partial charge in [0.1, 0.15) is 0 Å². The molecule has 8 nitrogen and oxygen atoms in total. The number of carbonyl (C=O) groups is 2. The zero-order valence-corrected chi connectivity index (χ0v) is 15.4. The van der Waals surface area contributed by atoms with Crippen molar-refractivity contribution in [3.8, 4) is 11.3 Å². The van der Waals surface area contributed by atoms with Crippen LogP contribution in [0.25, 0.3) is 11.3 Å². The number of hydrogen-bond acceptors (Lipinski definition) is 5. The van der Waals surface area contributed by atoms with Crippen LogP contribution in [-0.2, 0) is 0 Å². The lowest BCUT2D eigenvalue weighted by atomic mass is 10.0. The minimum absolute atomic E-state index is 0.0739. The maximum atomic E-state index is 13.0. The third kappa shape index (κ3) is 3.40. The Labute approximate surface area is 161 Å². The predicted molar refractivity (Wildman–Crippen MR) is 100 cm³/mol. The second-order valence-electron chi connectivity index (χ2n) is 6.81. The van der Waals surface area contributed by atoms with Crippen molar-refractivity contribution in [3.05, 3.63) is 59.9 Å². The van der Waals surface area contributed by atoms with Gasteiger partial charge in [-0.25, -0.2) is 9.78 Å². The number of rotatable bonds is 4. The van der Waals surface area contributed by atoms with Crippen LogP contribution in [0.5, 0.6) is 0 Å². The lowest BCUT2D eigenvalue weighted by molar-refractivity contribution is 0.0683. The molecule has 2 aromatic heterocycles. The van der Waals surface area contributed by atoms with E-state index in [4.69, 9.17) is 9.52 Å². The van der Waals surface area contributed by atoms with E-state index in [0.29, 0.717) is 43.3 Å². The number of aryl methyl sites for hydroxylation is 1. The molecule has 1 aromatic carbocycles. The predicted octanol–water partition coefficient (Wildman–Crippen LogP) is 3.02. The van der Waals surface area contributed by atoms with Gasteiger partial charge in [0, 0.05) is 31.8 Å². The third-order valence-electron chi connectivity index (χ3n) is 4.95. The molecule has 1 aliphatic rings. The molecule has 1 saturated heterocycles. The number of aromatic nitrogens is 3. The molecule has 4 rings (SSSR count). The SMILES string of the molecule is Cc1nc(C(=O)N2CCC(n3cc(C(=O)O)cn3)CC2)c(-c2ccccc2)o1. The van der Waals surface area contributed by atoms with Crippen molar-refractivity contribution in [3.63, 3.8) is 0 Å². The zero-order chi connectivity index (χ0) is 19.7. The van der Waals surface area contributed by atoms with Crippen LogP contribution in [0, 0.1) is 6.92 Å². The summed E-state index contributed by atoms with van der Waals surface area (Å²) in [5.41, 5.74) is 1.32. The molecule has 0 spiro atoms. The molecular formula is C20H20N4O4. The van der Waals surface area contributed by atoms with E-state index in [1.807, 2.05) is 30.3 Å². The van der Waals surface area contributed by atoms with Gasteiger partial charge < -0.3 is 14.4 Å². The first-order chi connectivity index (χ1) is 13.5. The van der Waals surface area contributed by atoms with Crippen LogP contribution in [0.3, 0.4) is 0 Å². The molecule has 28 heavy (non-hydrogen) atoms. The van der Waals surface area contributed by atoms with Gasteiger partial charge >= 0.3 is 5.97 Å². The first-order valence-electron chi connectivity index (χ1n) is 9.12. The highest BCUT2D eigenvalue weighted by Crippen LogP contribution is 2.28. The van der Waals surface area contributed by atoms with E-state index in [1.54, 1.807) is 22.7 Å². The summed E-state index contributed by atoms with van der Waals surface area (Å²) in [6, 6.07) is 9.54. The molecule has 0 unspecified atom stereocenters. The van der Waals surface area contributed by atoms with Crippen molar-refractivity contribution in [1.29, 1.82) is 0 Å². The van der Waals surface area contributed by atoms with E-state index >= 15 is 0 Å². The standard InChI is InChI=1S/C20H20N4O4/c1-13-22-17(18(28-13)14-5-3-2-4-6-14)19(25)23-9-7-16(8-10-23)24-12-15(11-21-24)20(26)27/h2-6,11-12,16H,7-10H2,1H3,(H,26,27). The fourth-order valence-electron chi connectivity index (χ4n) is 3.49. The van der Waals surface area contributed by atoms with Crippen LogP contribution in [0.4, 0.5) is 0 Å². The summed E-state index contributed by atoms with van der Waals surface area (Å²) in [7, 11) is 0. The molecule has 8 heteroatoms. The van der Waals surface area contributed by atoms with Gasteiger partial charge in [-0.2, -0.15) is 5.10 Å². The maximum absolute atomic E-state index is 13.0. The first kappa shape index (κ1) is 18.0. The van der Waals surface area contributed by atoms with Gasteiger partial charge in [0.05, 0.1) is 17.8 Å². The Bertz CT molecular complexity index is 1000. The molecule has 0 saturated carbocycles. The van der Waals surface area contributed by atoms with E-state index in [2.05, 4.69) is 10.1 Å². The Morgan fingerprint density at radius 1 is 1.18 bits per heavy atom.